The zero-order chi connectivity index (χ0) is 74.3. The molecule has 8 bridgehead atoms. The molecule has 2 aliphatic heterocycles. The van der Waals surface area contributed by atoms with Crippen LogP contribution in [-0.2, 0) is 25.7 Å². The molecule has 8 atom stereocenters. The first-order chi connectivity index (χ1) is 52.9. The molecular weight excluding hydrogens is 1320 g/mol. The molecule has 3 fully saturated rings. The van der Waals surface area contributed by atoms with E-state index in [1.165, 1.54) is 162 Å². The number of rotatable bonds is 13. The fourth-order valence-electron chi connectivity index (χ4n) is 23.3. The van der Waals surface area contributed by atoms with Gasteiger partial charge in [-0.3, -0.25) is 0 Å². The van der Waals surface area contributed by atoms with Gasteiger partial charge in [0.2, 0.25) is 0 Å². The van der Waals surface area contributed by atoms with Gasteiger partial charge in [0.05, 0.1) is 34.0 Å². The number of fused-ring (bicyclic) bond motifs is 20. The number of aromatic nitrogens is 5. The van der Waals surface area contributed by atoms with Crippen LogP contribution >= 0.6 is 0 Å². The molecule has 0 saturated heterocycles. The largest absolute Gasteiger partial charge is 0.354 e. The molecule has 5 nitrogen and oxygen atoms in total. The first-order valence-corrected chi connectivity index (χ1v) is 41.2. The number of H-pyrrole nitrogens is 2. The quantitative estimate of drug-likeness (QED) is 0.0893. The highest BCUT2D eigenvalue weighted by molar-refractivity contribution is 6.13. The monoisotopic (exact) mass is 1420 g/mol. The van der Waals surface area contributed by atoms with E-state index in [2.05, 4.69) is 298 Å². The van der Waals surface area contributed by atoms with Crippen molar-refractivity contribution in [3.05, 3.63) is 266 Å². The molecule has 19 rings (SSSR count). The third kappa shape index (κ3) is 11.9. The highest BCUT2D eigenvalue weighted by atomic mass is 14.8. The van der Waals surface area contributed by atoms with Crippen LogP contribution in [0.15, 0.2) is 188 Å². The summed E-state index contributed by atoms with van der Waals surface area (Å²) in [6.07, 6.45) is 25.5. The first-order valence-electron chi connectivity index (χ1n) is 41.2. The van der Waals surface area contributed by atoms with Gasteiger partial charge in [0.25, 0.3) is 0 Å². The Balaban J connectivity index is 0.776. The number of pyridine rings is 1. The number of aryl methyl sites for hydroxylation is 8. The van der Waals surface area contributed by atoms with E-state index in [9.17, 15) is 0 Å². The fourth-order valence-corrected chi connectivity index (χ4v) is 23.3. The van der Waals surface area contributed by atoms with Crippen molar-refractivity contribution in [1.82, 2.24) is 24.9 Å². The van der Waals surface area contributed by atoms with Crippen molar-refractivity contribution in [3.8, 4) is 55.8 Å². The minimum atomic E-state index is 0.177. The van der Waals surface area contributed by atoms with E-state index in [1.807, 2.05) is 0 Å². The number of hydrogen-bond donors (Lipinski definition) is 2. The number of nitrogens with one attached hydrogen (secondary N) is 2. The second-order valence-corrected chi connectivity index (χ2v) is 35.3. The Morgan fingerprint density at radius 3 is 1.59 bits per heavy atom. The lowest BCUT2D eigenvalue weighted by Crippen LogP contribution is -2.54. The molecule has 6 aliphatic rings. The maximum atomic E-state index is 5.99. The fraction of sp³-hybridized carbons (Fsp3) is 0.317. The molecule has 1 unspecified atom stereocenters. The van der Waals surface area contributed by atoms with Crippen LogP contribution < -0.4 is 0 Å². The lowest BCUT2D eigenvalue weighted by atomic mass is 9.44. The minimum absolute atomic E-state index is 0.177. The molecule has 2 N–H and O–H groups in total. The molecule has 0 amide bonds. The summed E-state index contributed by atoms with van der Waals surface area (Å²) < 4.78 is 0. The molecule has 4 aromatic heterocycles. The predicted octanol–water partition coefficient (Wildman–Crippen LogP) is 27.7. The SMILES string of the molecule is Cc1cc(C)c(-c2c3nc(c(-c4ccc(-c5nc6ccc7cc8ccccc8cc7c6c6c5C[C@@]5(C)C(CC[C@H]7[C@@H]8CC[C@H]([C@H](C)CCCC(C)C)[C@@]8(C)CC[C@@H]75)C6)cc4)c4ccc([nH]4)c(-c4c(C)cc(C)cc4C)c4nc(c(-c5ccc(CCc6cccc7ccccc67)cc5)c5ccc2[nH]5)C=C4)C=C3)c(C)c1. The number of aromatic amines is 2. The number of benzene rings is 9. The molecule has 3 saturated carbocycles. The van der Waals surface area contributed by atoms with Gasteiger partial charge in [-0.25, -0.2) is 15.0 Å². The summed E-state index contributed by atoms with van der Waals surface area (Å²) in [5, 5.41) is 9.23. The number of hydrogen-bond acceptors (Lipinski definition) is 3. The third-order valence-corrected chi connectivity index (χ3v) is 28.2. The highest BCUT2D eigenvalue weighted by Crippen LogP contribution is 2.69. The summed E-state index contributed by atoms with van der Waals surface area (Å²) in [5.41, 5.74) is 33.6. The zero-order valence-electron chi connectivity index (χ0n) is 65.8. The summed E-state index contributed by atoms with van der Waals surface area (Å²) in [6, 6.07) is 71.2. The Morgan fingerprint density at radius 1 is 0.431 bits per heavy atom. The van der Waals surface area contributed by atoms with Gasteiger partial charge in [-0.1, -0.05) is 211 Å². The van der Waals surface area contributed by atoms with Gasteiger partial charge in [0.1, 0.15) is 0 Å². The van der Waals surface area contributed by atoms with Crippen molar-refractivity contribution in [1.29, 1.82) is 0 Å². The lowest BCUT2D eigenvalue weighted by Gasteiger charge is -2.61. The van der Waals surface area contributed by atoms with Gasteiger partial charge >= 0.3 is 0 Å². The van der Waals surface area contributed by atoms with Crippen molar-refractivity contribution in [2.24, 2.45) is 52.3 Å². The summed E-state index contributed by atoms with van der Waals surface area (Å²) in [5.74, 6) is 5.38. The zero-order valence-corrected chi connectivity index (χ0v) is 65.8. The van der Waals surface area contributed by atoms with Gasteiger partial charge in [-0.2, -0.15) is 0 Å². The summed E-state index contributed by atoms with van der Waals surface area (Å²) >= 11 is 0. The molecule has 109 heavy (non-hydrogen) atoms. The Labute approximate surface area is 644 Å². The van der Waals surface area contributed by atoms with E-state index >= 15 is 0 Å². The Hall–Kier alpha value is -10.2. The van der Waals surface area contributed by atoms with Crippen LogP contribution in [0.25, 0.3) is 145 Å². The summed E-state index contributed by atoms with van der Waals surface area (Å²) in [7, 11) is 0. The molecule has 13 aromatic rings. The minimum Gasteiger partial charge on any atom is -0.354 e. The molecule has 0 radical (unpaired) electrons. The standard InChI is InChI=1S/C104H103N5/c1-60(2)18-16-19-63(5)83-39-40-84-79-38-37-77-58-81-82(59-104(77,11)85(79)50-51-103(83,84)10)102(109-90-41-36-76-56-74-21-12-13-22-75(74)57-80(76)99(81)90)73-34-32-72(33-35-73)98-88-44-48-93(107-88)100(95-64(6)52-61(3)53-65(95)7)91-46-42-86(105-91)97(71-30-27-68(28-31-71)26-29-70-24-17-23-69-20-14-15-25-78(69)70)87-43-47-92(106-87)101(94-49-45-89(98)108-94)96-66(8)54-62(4)55-67(96)9/h12-15,17,20-25,27-28,30-36,41-49,52-57,60,63,77,79,83-85,105,108H,16,18-19,26,29,37-40,50-51,58-59H2,1-11H3/t63-,77?,79+,83-,84+,85+,103-,104+/m1/s1. The molecule has 544 valence electrons. The smallest absolute Gasteiger partial charge is 0.0744 e. The predicted molar refractivity (Wildman–Crippen MR) is 463 cm³/mol. The van der Waals surface area contributed by atoms with Gasteiger partial charge in [0, 0.05) is 55.3 Å². The second kappa shape index (κ2) is 27.1. The Bertz CT molecular complexity index is 6000. The number of nitrogens with zero attached hydrogens (tertiary/aromatic N) is 3. The van der Waals surface area contributed by atoms with Crippen LogP contribution in [-0.4, -0.2) is 24.9 Å². The molecular formula is C104H103N5. The second-order valence-electron chi connectivity index (χ2n) is 35.3. The topological polar surface area (TPSA) is 70.2 Å². The van der Waals surface area contributed by atoms with E-state index in [0.29, 0.717) is 17.3 Å². The Kier molecular flexibility index (Phi) is 17.2. The normalized spacial score (nSPS) is 21.0. The molecule has 9 aromatic carbocycles. The average Bonchev–Trinajstić information content (AvgIpc) is 1.55. The molecule has 6 heterocycles. The van der Waals surface area contributed by atoms with Gasteiger partial charge in [0.15, 0.2) is 0 Å². The highest BCUT2D eigenvalue weighted by Gasteiger charge is 2.61. The van der Waals surface area contributed by atoms with Crippen LogP contribution in [0.1, 0.15) is 171 Å². The van der Waals surface area contributed by atoms with E-state index in [0.717, 1.165) is 145 Å². The maximum Gasteiger partial charge on any atom is 0.0744 e. The third-order valence-electron chi connectivity index (χ3n) is 28.2. The molecule has 5 heteroatoms. The van der Waals surface area contributed by atoms with Gasteiger partial charge in [-0.15, -0.1) is 0 Å². The van der Waals surface area contributed by atoms with Crippen LogP contribution in [0.2, 0.25) is 0 Å². The van der Waals surface area contributed by atoms with E-state index < -0.39 is 0 Å². The van der Waals surface area contributed by atoms with Crippen LogP contribution in [0.3, 0.4) is 0 Å². The summed E-state index contributed by atoms with van der Waals surface area (Å²) in [6.45, 7) is 26.4. The van der Waals surface area contributed by atoms with Crippen molar-refractivity contribution < 1.29 is 0 Å². The maximum absolute atomic E-state index is 5.99. The van der Waals surface area contributed by atoms with Crippen molar-refractivity contribution in [2.45, 2.75) is 160 Å². The van der Waals surface area contributed by atoms with Crippen LogP contribution in [0.4, 0.5) is 0 Å². The van der Waals surface area contributed by atoms with Crippen LogP contribution in [0, 0.1) is 93.8 Å². The first kappa shape index (κ1) is 69.2. The van der Waals surface area contributed by atoms with E-state index in [1.54, 1.807) is 5.56 Å². The van der Waals surface area contributed by atoms with Crippen molar-refractivity contribution >= 4 is 89.6 Å². The molecule has 4 aliphatic carbocycles. The van der Waals surface area contributed by atoms with E-state index in [-0.39, 0.29) is 5.41 Å². The van der Waals surface area contributed by atoms with E-state index in [4.69, 9.17) is 15.0 Å². The molecule has 0 spiro atoms. The van der Waals surface area contributed by atoms with Gasteiger partial charge in [-0.05, 0) is 324 Å². The van der Waals surface area contributed by atoms with Crippen molar-refractivity contribution in [3.63, 3.8) is 0 Å². The lowest BCUT2D eigenvalue weighted by molar-refractivity contribution is -0.103. The van der Waals surface area contributed by atoms with Crippen molar-refractivity contribution in [2.75, 3.05) is 0 Å². The van der Waals surface area contributed by atoms with Gasteiger partial charge < -0.3 is 9.97 Å². The van der Waals surface area contributed by atoms with Crippen LogP contribution in [0.5, 0.6) is 0 Å². The average molecular weight is 1420 g/mol. The Morgan fingerprint density at radius 2 is 0.972 bits per heavy atom. The summed E-state index contributed by atoms with van der Waals surface area (Å²) in [4.78, 5) is 25.9.